The summed E-state index contributed by atoms with van der Waals surface area (Å²) >= 11 is 5.75. The monoisotopic (exact) mass is 289 g/mol. The van der Waals surface area contributed by atoms with Crippen molar-refractivity contribution in [2.45, 2.75) is 6.92 Å². The molecule has 0 aliphatic heterocycles. The Kier molecular flexibility index (Phi) is 4.05. The molecule has 0 atom stereocenters. The number of ketones is 1. The standard InChI is InChI=1S/C15H12ClNO3/c1-9(18)10-2-5-12(6-3-10)17-15(20)11-4-7-14(19)13(16)8-11/h2-8,19H,1H3,(H,17,20). The Morgan fingerprint density at radius 3 is 2.20 bits per heavy atom. The molecule has 2 N–H and O–H groups in total. The lowest BCUT2D eigenvalue weighted by atomic mass is 10.1. The summed E-state index contributed by atoms with van der Waals surface area (Å²) in [6, 6.07) is 10.8. The first-order valence-corrected chi connectivity index (χ1v) is 6.26. The average Bonchev–Trinajstić information content (AvgIpc) is 2.42. The van der Waals surface area contributed by atoms with Crippen molar-refractivity contribution in [3.8, 4) is 5.75 Å². The number of amides is 1. The second-order valence-corrected chi connectivity index (χ2v) is 4.66. The first-order valence-electron chi connectivity index (χ1n) is 5.88. The molecule has 1 amide bonds. The number of halogens is 1. The third-order valence-electron chi connectivity index (χ3n) is 2.76. The van der Waals surface area contributed by atoms with Crippen molar-refractivity contribution >= 4 is 29.0 Å². The average molecular weight is 290 g/mol. The Bertz CT molecular complexity index is 665. The van der Waals surface area contributed by atoms with Gasteiger partial charge in [-0.2, -0.15) is 0 Å². The number of hydrogen-bond donors (Lipinski definition) is 2. The van der Waals surface area contributed by atoms with E-state index in [1.807, 2.05) is 0 Å². The molecule has 20 heavy (non-hydrogen) atoms. The molecule has 2 aromatic carbocycles. The molecule has 2 rings (SSSR count). The third kappa shape index (κ3) is 3.16. The fourth-order valence-electron chi connectivity index (χ4n) is 1.64. The van der Waals surface area contributed by atoms with Crippen molar-refractivity contribution in [3.63, 3.8) is 0 Å². The minimum absolute atomic E-state index is 0.0341. The van der Waals surface area contributed by atoms with Crippen LogP contribution in [-0.4, -0.2) is 16.8 Å². The predicted molar refractivity (Wildman–Crippen MR) is 77.5 cm³/mol. The predicted octanol–water partition coefficient (Wildman–Crippen LogP) is 3.50. The maximum atomic E-state index is 12.0. The van der Waals surface area contributed by atoms with Gasteiger partial charge in [-0.05, 0) is 49.4 Å². The number of nitrogens with one attached hydrogen (secondary N) is 1. The zero-order valence-corrected chi connectivity index (χ0v) is 11.4. The number of carbonyl (C=O) groups excluding carboxylic acids is 2. The maximum Gasteiger partial charge on any atom is 0.255 e. The van der Waals surface area contributed by atoms with Gasteiger partial charge in [0.05, 0.1) is 5.02 Å². The quantitative estimate of drug-likeness (QED) is 0.850. The molecule has 0 fully saturated rings. The van der Waals surface area contributed by atoms with Crippen LogP contribution in [0.1, 0.15) is 27.6 Å². The zero-order chi connectivity index (χ0) is 14.7. The van der Waals surface area contributed by atoms with Crippen LogP contribution in [0.25, 0.3) is 0 Å². The van der Waals surface area contributed by atoms with E-state index in [-0.39, 0.29) is 22.5 Å². The van der Waals surface area contributed by atoms with Gasteiger partial charge in [-0.3, -0.25) is 9.59 Å². The molecule has 0 radical (unpaired) electrons. The highest BCUT2D eigenvalue weighted by Crippen LogP contribution is 2.24. The van der Waals surface area contributed by atoms with Gasteiger partial charge in [-0.15, -0.1) is 0 Å². The fourth-order valence-corrected chi connectivity index (χ4v) is 1.82. The van der Waals surface area contributed by atoms with Crippen LogP contribution in [-0.2, 0) is 0 Å². The lowest BCUT2D eigenvalue weighted by molar-refractivity contribution is 0.101. The van der Waals surface area contributed by atoms with E-state index in [2.05, 4.69) is 5.32 Å². The molecule has 0 saturated heterocycles. The van der Waals surface area contributed by atoms with Crippen molar-refractivity contribution in [1.29, 1.82) is 0 Å². The Morgan fingerprint density at radius 1 is 1.05 bits per heavy atom. The lowest BCUT2D eigenvalue weighted by Crippen LogP contribution is -2.11. The summed E-state index contributed by atoms with van der Waals surface area (Å²) in [4.78, 5) is 23.1. The fraction of sp³-hybridized carbons (Fsp3) is 0.0667. The van der Waals surface area contributed by atoms with E-state index < -0.39 is 0 Å². The number of phenols is 1. The van der Waals surface area contributed by atoms with E-state index >= 15 is 0 Å². The number of Topliss-reactive ketones (excluding diaryl/α,β-unsaturated/α-hetero) is 1. The highest BCUT2D eigenvalue weighted by molar-refractivity contribution is 6.32. The molecule has 0 heterocycles. The molecule has 102 valence electrons. The van der Waals surface area contributed by atoms with Crippen LogP contribution in [0, 0.1) is 0 Å². The van der Waals surface area contributed by atoms with E-state index in [4.69, 9.17) is 11.6 Å². The molecule has 0 saturated carbocycles. The van der Waals surface area contributed by atoms with Crippen molar-refractivity contribution < 1.29 is 14.7 Å². The number of rotatable bonds is 3. The smallest absolute Gasteiger partial charge is 0.255 e. The number of hydrogen-bond acceptors (Lipinski definition) is 3. The molecule has 2 aromatic rings. The van der Waals surface area contributed by atoms with Crippen LogP contribution in [0.2, 0.25) is 5.02 Å². The summed E-state index contributed by atoms with van der Waals surface area (Å²) in [5.41, 5.74) is 1.49. The van der Waals surface area contributed by atoms with E-state index in [1.165, 1.54) is 25.1 Å². The van der Waals surface area contributed by atoms with Gasteiger partial charge in [0.15, 0.2) is 5.78 Å². The van der Waals surface area contributed by atoms with Crippen LogP contribution >= 0.6 is 11.6 Å². The molecular weight excluding hydrogens is 278 g/mol. The van der Waals surface area contributed by atoms with E-state index in [0.29, 0.717) is 16.8 Å². The van der Waals surface area contributed by atoms with E-state index in [0.717, 1.165) is 0 Å². The first-order chi connectivity index (χ1) is 9.47. The Balaban J connectivity index is 2.14. The van der Waals surface area contributed by atoms with Crippen LogP contribution in [0.5, 0.6) is 5.75 Å². The molecule has 0 aromatic heterocycles. The summed E-state index contributed by atoms with van der Waals surface area (Å²) in [5.74, 6) is -0.454. The zero-order valence-electron chi connectivity index (χ0n) is 10.7. The normalized spacial score (nSPS) is 10.1. The number of aromatic hydroxyl groups is 1. The van der Waals surface area contributed by atoms with Gasteiger partial charge >= 0.3 is 0 Å². The van der Waals surface area contributed by atoms with E-state index in [1.54, 1.807) is 24.3 Å². The molecule has 0 bridgehead atoms. The second kappa shape index (κ2) is 5.75. The minimum atomic E-state index is -0.345. The van der Waals surface area contributed by atoms with Gasteiger partial charge in [0, 0.05) is 16.8 Å². The van der Waals surface area contributed by atoms with Gasteiger partial charge in [0.25, 0.3) is 5.91 Å². The molecule has 4 nitrogen and oxygen atoms in total. The van der Waals surface area contributed by atoms with Crippen LogP contribution < -0.4 is 5.32 Å². The summed E-state index contributed by atoms with van der Waals surface area (Å²) < 4.78 is 0. The van der Waals surface area contributed by atoms with E-state index in [9.17, 15) is 14.7 Å². The summed E-state index contributed by atoms with van der Waals surface area (Å²) in [6.07, 6.45) is 0. The van der Waals surface area contributed by atoms with Crippen molar-refractivity contribution in [1.82, 2.24) is 0 Å². The van der Waals surface area contributed by atoms with Gasteiger partial charge in [0.2, 0.25) is 0 Å². The molecule has 0 aliphatic carbocycles. The number of benzene rings is 2. The molecule has 5 heteroatoms. The number of carbonyl (C=O) groups is 2. The van der Waals surface area contributed by atoms with Crippen LogP contribution in [0.15, 0.2) is 42.5 Å². The van der Waals surface area contributed by atoms with Gasteiger partial charge in [-0.1, -0.05) is 11.6 Å². The summed E-state index contributed by atoms with van der Waals surface area (Å²) in [5, 5.41) is 12.1. The summed E-state index contributed by atoms with van der Waals surface area (Å²) in [7, 11) is 0. The summed E-state index contributed by atoms with van der Waals surface area (Å²) in [6.45, 7) is 1.48. The van der Waals surface area contributed by atoms with Crippen LogP contribution in [0.4, 0.5) is 5.69 Å². The first kappa shape index (κ1) is 14.1. The highest BCUT2D eigenvalue weighted by atomic mass is 35.5. The third-order valence-corrected chi connectivity index (χ3v) is 3.06. The van der Waals surface area contributed by atoms with Gasteiger partial charge in [-0.25, -0.2) is 0 Å². The molecule has 0 aliphatic rings. The minimum Gasteiger partial charge on any atom is -0.506 e. The van der Waals surface area contributed by atoms with Gasteiger partial charge < -0.3 is 10.4 Å². The molecule has 0 spiro atoms. The lowest BCUT2D eigenvalue weighted by Gasteiger charge is -2.06. The molecular formula is C15H12ClNO3. The van der Waals surface area contributed by atoms with Crippen LogP contribution in [0.3, 0.4) is 0 Å². The van der Waals surface area contributed by atoms with Crippen molar-refractivity contribution in [2.24, 2.45) is 0 Å². The largest absolute Gasteiger partial charge is 0.506 e. The van der Waals surface area contributed by atoms with Gasteiger partial charge in [0.1, 0.15) is 5.75 Å². The van der Waals surface area contributed by atoms with Crippen molar-refractivity contribution in [2.75, 3.05) is 5.32 Å². The Morgan fingerprint density at radius 2 is 1.65 bits per heavy atom. The van der Waals surface area contributed by atoms with Crippen molar-refractivity contribution in [3.05, 3.63) is 58.6 Å². The number of anilines is 1. The Hall–Kier alpha value is -2.33. The molecule has 0 unspecified atom stereocenters. The Labute approximate surface area is 121 Å². The maximum absolute atomic E-state index is 12.0. The SMILES string of the molecule is CC(=O)c1ccc(NC(=O)c2ccc(O)c(Cl)c2)cc1. The highest BCUT2D eigenvalue weighted by Gasteiger charge is 2.09. The number of phenolic OH excluding ortho intramolecular Hbond substituents is 1. The second-order valence-electron chi connectivity index (χ2n) is 4.25. The topological polar surface area (TPSA) is 66.4 Å².